The Labute approximate surface area is 101 Å². The molecule has 0 spiro atoms. The highest BCUT2D eigenvalue weighted by Gasteiger charge is 2.45. The topological polar surface area (TPSA) is 40.5 Å². The van der Waals surface area contributed by atoms with Gasteiger partial charge in [-0.15, -0.1) is 12.4 Å². The minimum atomic E-state index is -0.710. The lowest BCUT2D eigenvalue weighted by Crippen LogP contribution is -2.38. The van der Waals surface area contributed by atoms with Gasteiger partial charge in [-0.3, -0.25) is 4.79 Å². The summed E-state index contributed by atoms with van der Waals surface area (Å²) in [5.41, 5.74) is 0.220. The molecule has 0 amide bonds. The third kappa shape index (κ3) is 2.06. The van der Waals surface area contributed by atoms with Crippen LogP contribution in [0.2, 0.25) is 0 Å². The fraction of sp³-hybridized carbons (Fsp3) is 0.417. The molecule has 0 radical (unpaired) electrons. The Bertz CT molecular complexity index is 369. The molecule has 4 heteroatoms. The van der Waals surface area contributed by atoms with Gasteiger partial charge < -0.3 is 10.0 Å². The van der Waals surface area contributed by atoms with Crippen molar-refractivity contribution in [1.82, 2.24) is 4.90 Å². The quantitative estimate of drug-likeness (QED) is 0.858. The maximum Gasteiger partial charge on any atom is 0.315 e. The van der Waals surface area contributed by atoms with E-state index >= 15 is 0 Å². The highest BCUT2D eigenvalue weighted by Crippen LogP contribution is 2.34. The summed E-state index contributed by atoms with van der Waals surface area (Å²) < 4.78 is 0. The molecule has 1 N–H and O–H groups in total. The van der Waals surface area contributed by atoms with Crippen LogP contribution in [0.4, 0.5) is 0 Å². The van der Waals surface area contributed by atoms with Gasteiger partial charge in [0.15, 0.2) is 0 Å². The van der Waals surface area contributed by atoms with Crippen LogP contribution in [0.15, 0.2) is 30.3 Å². The van der Waals surface area contributed by atoms with Gasteiger partial charge in [0.1, 0.15) is 5.41 Å². The summed E-state index contributed by atoms with van der Waals surface area (Å²) in [6, 6.07) is 9.54. The molecule has 16 heavy (non-hydrogen) atoms. The number of rotatable bonds is 2. The SMILES string of the molecule is CN1CCC(C(=O)O)(c2ccccc2)C1.Cl. The van der Waals surface area contributed by atoms with Crippen molar-refractivity contribution in [3.8, 4) is 0 Å². The van der Waals surface area contributed by atoms with E-state index in [1.807, 2.05) is 37.4 Å². The molecule has 1 aliphatic heterocycles. The van der Waals surface area contributed by atoms with Crippen molar-refractivity contribution in [1.29, 1.82) is 0 Å². The summed E-state index contributed by atoms with van der Waals surface area (Å²) in [5, 5.41) is 9.41. The van der Waals surface area contributed by atoms with Gasteiger partial charge in [0.25, 0.3) is 0 Å². The fourth-order valence-electron chi connectivity index (χ4n) is 2.29. The molecule has 0 bridgehead atoms. The first-order chi connectivity index (χ1) is 7.15. The third-order valence-electron chi connectivity index (χ3n) is 3.20. The number of likely N-dealkylation sites (tertiary alicyclic amines) is 1. The van der Waals surface area contributed by atoms with Crippen molar-refractivity contribution in [2.75, 3.05) is 20.1 Å². The van der Waals surface area contributed by atoms with Gasteiger partial charge in [0.2, 0.25) is 0 Å². The summed E-state index contributed by atoms with van der Waals surface area (Å²) >= 11 is 0. The Hall–Kier alpha value is -1.06. The molecular formula is C12H16ClNO2. The number of carboxylic acid groups (broad SMARTS) is 1. The van der Waals surface area contributed by atoms with Crippen molar-refractivity contribution in [2.24, 2.45) is 0 Å². The molecular weight excluding hydrogens is 226 g/mol. The van der Waals surface area contributed by atoms with Crippen LogP contribution in [0.25, 0.3) is 0 Å². The van der Waals surface area contributed by atoms with Crippen molar-refractivity contribution < 1.29 is 9.90 Å². The van der Waals surface area contributed by atoms with E-state index < -0.39 is 11.4 Å². The molecule has 1 aromatic carbocycles. The highest BCUT2D eigenvalue weighted by molar-refractivity contribution is 5.85. The second-order valence-electron chi connectivity index (χ2n) is 4.24. The molecule has 0 aromatic heterocycles. The number of nitrogens with zero attached hydrogens (tertiary/aromatic N) is 1. The molecule has 0 aliphatic carbocycles. The number of aliphatic carboxylic acids is 1. The summed E-state index contributed by atoms with van der Waals surface area (Å²) in [6.45, 7) is 1.45. The monoisotopic (exact) mass is 241 g/mol. The molecule has 1 aromatic rings. The van der Waals surface area contributed by atoms with E-state index in [1.54, 1.807) is 0 Å². The second-order valence-corrected chi connectivity index (χ2v) is 4.24. The predicted octanol–water partition coefficient (Wildman–Crippen LogP) is 1.77. The molecule has 1 atom stereocenters. The molecule has 0 saturated carbocycles. The number of halogens is 1. The lowest BCUT2D eigenvalue weighted by molar-refractivity contribution is -0.143. The van der Waals surface area contributed by atoms with Crippen LogP contribution >= 0.6 is 12.4 Å². The minimum absolute atomic E-state index is 0. The van der Waals surface area contributed by atoms with E-state index in [2.05, 4.69) is 4.90 Å². The van der Waals surface area contributed by atoms with Crippen molar-refractivity contribution in [2.45, 2.75) is 11.8 Å². The number of likely N-dealkylation sites (N-methyl/N-ethyl adjacent to an activating group) is 1. The Morgan fingerprint density at radius 2 is 2.00 bits per heavy atom. The van der Waals surface area contributed by atoms with E-state index in [1.165, 1.54) is 0 Å². The van der Waals surface area contributed by atoms with E-state index in [9.17, 15) is 9.90 Å². The molecule has 1 fully saturated rings. The Morgan fingerprint density at radius 3 is 2.44 bits per heavy atom. The van der Waals surface area contributed by atoms with Gasteiger partial charge in [-0.1, -0.05) is 30.3 Å². The maximum absolute atomic E-state index is 11.4. The molecule has 88 valence electrons. The zero-order chi connectivity index (χ0) is 10.9. The lowest BCUT2D eigenvalue weighted by Gasteiger charge is -2.24. The van der Waals surface area contributed by atoms with E-state index in [0.29, 0.717) is 13.0 Å². The van der Waals surface area contributed by atoms with Gasteiger partial charge in [-0.2, -0.15) is 0 Å². The normalized spacial score (nSPS) is 25.1. The molecule has 1 heterocycles. The van der Waals surface area contributed by atoms with Crippen LogP contribution in [0, 0.1) is 0 Å². The summed E-state index contributed by atoms with van der Waals surface area (Å²) in [5.74, 6) is -0.710. The van der Waals surface area contributed by atoms with Crippen molar-refractivity contribution >= 4 is 18.4 Å². The Kier molecular flexibility index (Phi) is 3.94. The largest absolute Gasteiger partial charge is 0.481 e. The smallest absolute Gasteiger partial charge is 0.315 e. The standard InChI is InChI=1S/C12H15NO2.ClH/c1-13-8-7-12(9-13,11(14)15)10-5-3-2-4-6-10;/h2-6H,7-9H2,1H3,(H,14,15);1H. The number of hydrogen-bond donors (Lipinski definition) is 1. The van der Waals surface area contributed by atoms with E-state index in [4.69, 9.17) is 0 Å². The average molecular weight is 242 g/mol. The van der Waals surface area contributed by atoms with Gasteiger partial charge in [-0.05, 0) is 25.6 Å². The lowest BCUT2D eigenvalue weighted by atomic mass is 9.80. The predicted molar refractivity (Wildman–Crippen MR) is 65.1 cm³/mol. The highest BCUT2D eigenvalue weighted by atomic mass is 35.5. The molecule has 2 rings (SSSR count). The van der Waals surface area contributed by atoms with Gasteiger partial charge in [0, 0.05) is 6.54 Å². The van der Waals surface area contributed by atoms with Crippen LogP contribution < -0.4 is 0 Å². The number of carbonyl (C=O) groups is 1. The zero-order valence-electron chi connectivity index (χ0n) is 9.22. The summed E-state index contributed by atoms with van der Waals surface area (Å²) in [7, 11) is 1.97. The van der Waals surface area contributed by atoms with Gasteiger partial charge in [0.05, 0.1) is 0 Å². The summed E-state index contributed by atoms with van der Waals surface area (Å²) in [6.07, 6.45) is 0.697. The third-order valence-corrected chi connectivity index (χ3v) is 3.20. The number of benzene rings is 1. The van der Waals surface area contributed by atoms with Crippen molar-refractivity contribution in [3.63, 3.8) is 0 Å². The molecule has 3 nitrogen and oxygen atoms in total. The summed E-state index contributed by atoms with van der Waals surface area (Å²) in [4.78, 5) is 13.5. The van der Waals surface area contributed by atoms with Crippen LogP contribution in [0.1, 0.15) is 12.0 Å². The van der Waals surface area contributed by atoms with E-state index in [-0.39, 0.29) is 12.4 Å². The molecule has 1 saturated heterocycles. The Balaban J connectivity index is 0.00000128. The van der Waals surface area contributed by atoms with Crippen LogP contribution in [-0.2, 0) is 10.2 Å². The molecule has 1 aliphatic rings. The van der Waals surface area contributed by atoms with Gasteiger partial charge in [-0.25, -0.2) is 0 Å². The first-order valence-electron chi connectivity index (χ1n) is 5.13. The second kappa shape index (κ2) is 4.85. The number of carboxylic acids is 1. The average Bonchev–Trinajstić information content (AvgIpc) is 2.63. The first kappa shape index (κ1) is 13.0. The zero-order valence-corrected chi connectivity index (χ0v) is 10.0. The van der Waals surface area contributed by atoms with Gasteiger partial charge >= 0.3 is 5.97 Å². The van der Waals surface area contributed by atoms with Crippen LogP contribution in [0.5, 0.6) is 0 Å². The first-order valence-corrected chi connectivity index (χ1v) is 5.13. The minimum Gasteiger partial charge on any atom is -0.481 e. The van der Waals surface area contributed by atoms with Crippen LogP contribution in [0.3, 0.4) is 0 Å². The number of hydrogen-bond acceptors (Lipinski definition) is 2. The Morgan fingerprint density at radius 1 is 1.38 bits per heavy atom. The fourth-order valence-corrected chi connectivity index (χ4v) is 2.29. The van der Waals surface area contributed by atoms with Crippen molar-refractivity contribution in [3.05, 3.63) is 35.9 Å². The maximum atomic E-state index is 11.4. The van der Waals surface area contributed by atoms with E-state index in [0.717, 1.165) is 12.1 Å². The molecule has 1 unspecified atom stereocenters. The van der Waals surface area contributed by atoms with Crippen LogP contribution in [-0.4, -0.2) is 36.1 Å².